The average Bonchev–Trinajstić information content (AvgIpc) is 3.45. The minimum Gasteiger partial charge on any atom is -0.462 e. The monoisotopic (exact) mass is 1140 g/mol. The third-order valence-electron chi connectivity index (χ3n) is 13.8. The topological polar surface area (TPSA) is 155 Å². The van der Waals surface area contributed by atoms with Crippen molar-refractivity contribution in [1.29, 1.82) is 0 Å². The van der Waals surface area contributed by atoms with Crippen LogP contribution in [-0.4, -0.2) is 66.5 Å². The average molecular weight is 1140 g/mol. The Kier molecular flexibility index (Phi) is 59.1. The van der Waals surface area contributed by atoms with Crippen molar-refractivity contribution in [3.8, 4) is 0 Å². The zero-order valence-corrected chi connectivity index (χ0v) is 52.2. The van der Waals surface area contributed by atoms with Crippen molar-refractivity contribution < 1.29 is 52.2 Å². The molecule has 80 heavy (non-hydrogen) atoms. The van der Waals surface area contributed by atoms with Crippen LogP contribution in [0.25, 0.3) is 0 Å². The first kappa shape index (κ1) is 76.7. The van der Waals surface area contributed by atoms with E-state index in [1.54, 1.807) is 0 Å². The largest absolute Gasteiger partial charge is 0.472 e. The zero-order valence-electron chi connectivity index (χ0n) is 51.3. The molecule has 12 heteroatoms. The normalized spacial score (nSPS) is 13.8. The van der Waals surface area contributed by atoms with Crippen LogP contribution in [-0.2, 0) is 42.2 Å². The summed E-state index contributed by atoms with van der Waals surface area (Å²) < 4.78 is 39.7. The second-order valence-electron chi connectivity index (χ2n) is 21.5. The smallest absolute Gasteiger partial charge is 0.462 e. The fraction of sp³-hybridized carbons (Fsp3) is 0.750. The number of esters is 3. The summed E-state index contributed by atoms with van der Waals surface area (Å²) in [5.41, 5.74) is 0. The van der Waals surface area contributed by atoms with Crippen LogP contribution < -0.4 is 0 Å². The molecule has 3 atom stereocenters. The third-order valence-corrected chi connectivity index (χ3v) is 14.7. The van der Waals surface area contributed by atoms with E-state index in [1.807, 2.05) is 0 Å². The number of phosphoric ester groups is 1. The molecular formula is C68H119O11P. The molecule has 462 valence electrons. The highest BCUT2D eigenvalue weighted by Crippen LogP contribution is 2.43. The van der Waals surface area contributed by atoms with Crippen molar-refractivity contribution in [3.05, 3.63) is 85.1 Å². The Morgan fingerprint density at radius 1 is 0.362 bits per heavy atom. The molecule has 0 aromatic heterocycles. The third kappa shape index (κ3) is 59.3. The molecule has 0 aliphatic heterocycles. The molecule has 0 bridgehead atoms. The Hall–Kier alpha value is -3.34. The number of aliphatic hydroxyl groups is 1. The molecule has 0 aromatic rings. The second kappa shape index (κ2) is 61.7. The minimum absolute atomic E-state index is 0.153. The standard InChI is InChI=1S/C68H119O11P/c1-4-7-10-13-16-19-22-25-28-31-32-35-36-39-42-45-48-51-54-57-66(70)75-61-65(79-68(72)59-56-53-50-47-44-41-38-34-30-27-24-21-18-15-12-9-6-3)63-77-80(73,74)76-62-64(60-69)78-67(71)58-55-52-49-46-43-40-37-33-29-26-23-20-17-14-11-8-5-2/h7,10,16,19,25-30,32,35,39,42,64-65,69H,4-6,8-9,11-15,17-18,20-24,31,33-34,36-38,40-41,43-63H2,1-3H3,(H,73,74)/b10-7-,19-16-,28-25-,29-26-,30-27-,35-32-,42-39-. The first-order valence-electron chi connectivity index (χ1n) is 32.5. The van der Waals surface area contributed by atoms with Gasteiger partial charge in [-0.05, 0) is 116 Å². The molecule has 0 saturated carbocycles. The number of carbonyl (C=O) groups is 3. The van der Waals surface area contributed by atoms with Crippen LogP contribution in [0, 0.1) is 0 Å². The van der Waals surface area contributed by atoms with E-state index in [-0.39, 0.29) is 25.9 Å². The van der Waals surface area contributed by atoms with E-state index in [9.17, 15) is 28.9 Å². The molecule has 0 fully saturated rings. The van der Waals surface area contributed by atoms with Gasteiger partial charge in [0, 0.05) is 19.3 Å². The number of hydrogen-bond acceptors (Lipinski definition) is 10. The van der Waals surface area contributed by atoms with E-state index in [4.69, 9.17) is 23.3 Å². The van der Waals surface area contributed by atoms with Gasteiger partial charge < -0.3 is 24.2 Å². The van der Waals surface area contributed by atoms with Gasteiger partial charge in [-0.15, -0.1) is 0 Å². The molecule has 11 nitrogen and oxygen atoms in total. The highest BCUT2D eigenvalue weighted by atomic mass is 31.2. The van der Waals surface area contributed by atoms with Gasteiger partial charge in [-0.3, -0.25) is 23.4 Å². The maximum absolute atomic E-state index is 13.0. The van der Waals surface area contributed by atoms with Gasteiger partial charge in [0.2, 0.25) is 0 Å². The molecule has 0 spiro atoms. The molecule has 0 aromatic carbocycles. The Morgan fingerprint density at radius 3 is 1.02 bits per heavy atom. The Balaban J connectivity index is 4.75. The fourth-order valence-electron chi connectivity index (χ4n) is 8.84. The maximum atomic E-state index is 13.0. The Morgan fingerprint density at radius 2 is 0.650 bits per heavy atom. The predicted octanol–water partition coefficient (Wildman–Crippen LogP) is 19.8. The quantitative estimate of drug-likeness (QED) is 0.0197. The number of allylic oxidation sites excluding steroid dienone is 14. The first-order valence-corrected chi connectivity index (χ1v) is 34.0. The van der Waals surface area contributed by atoms with Crippen molar-refractivity contribution in [2.45, 2.75) is 303 Å². The Labute approximate surface area is 490 Å². The summed E-state index contributed by atoms with van der Waals surface area (Å²) in [5, 5.41) is 9.86. The molecule has 2 N–H and O–H groups in total. The molecule has 0 amide bonds. The number of phosphoric acid groups is 1. The molecule has 0 saturated heterocycles. The molecule has 0 rings (SSSR count). The van der Waals surface area contributed by atoms with Crippen molar-refractivity contribution in [2.75, 3.05) is 26.4 Å². The summed E-state index contributed by atoms with van der Waals surface area (Å²) in [6, 6.07) is 0. The lowest BCUT2D eigenvalue weighted by molar-refractivity contribution is -0.161. The number of unbranched alkanes of at least 4 members (excludes halogenated alkanes) is 29. The van der Waals surface area contributed by atoms with Crippen molar-refractivity contribution in [1.82, 2.24) is 0 Å². The SMILES string of the molecule is CC/C=C\C/C=C\C/C=C\C/C=C\C/C=C\CCCCCC(=O)OCC(COP(=O)(O)OCC(CO)OC(=O)CCCCCCCCC/C=C\CCCCCCCC)OC(=O)CCCCCCCCC/C=C\CCCCCCCC. The maximum Gasteiger partial charge on any atom is 0.472 e. The van der Waals surface area contributed by atoms with E-state index in [0.29, 0.717) is 19.3 Å². The Bertz CT molecular complexity index is 1670. The molecule has 0 heterocycles. The van der Waals surface area contributed by atoms with Gasteiger partial charge in [0.25, 0.3) is 0 Å². The van der Waals surface area contributed by atoms with Gasteiger partial charge in [0.1, 0.15) is 12.7 Å². The van der Waals surface area contributed by atoms with E-state index in [0.717, 1.165) is 109 Å². The van der Waals surface area contributed by atoms with E-state index in [1.165, 1.54) is 122 Å². The lowest BCUT2D eigenvalue weighted by Gasteiger charge is -2.21. The lowest BCUT2D eigenvalue weighted by atomic mass is 10.1. The minimum atomic E-state index is -4.77. The van der Waals surface area contributed by atoms with Crippen LogP contribution >= 0.6 is 7.82 Å². The van der Waals surface area contributed by atoms with Crippen LogP contribution in [0.2, 0.25) is 0 Å². The highest BCUT2D eigenvalue weighted by Gasteiger charge is 2.28. The van der Waals surface area contributed by atoms with Gasteiger partial charge in [0.15, 0.2) is 6.10 Å². The number of aliphatic hydroxyl groups excluding tert-OH is 1. The summed E-state index contributed by atoms with van der Waals surface area (Å²) >= 11 is 0. The number of carbonyl (C=O) groups excluding carboxylic acids is 3. The summed E-state index contributed by atoms with van der Waals surface area (Å²) in [4.78, 5) is 48.8. The number of rotatable bonds is 60. The first-order chi connectivity index (χ1) is 39.2. The van der Waals surface area contributed by atoms with Gasteiger partial charge in [-0.25, -0.2) is 4.57 Å². The van der Waals surface area contributed by atoms with Crippen LogP contribution in [0.4, 0.5) is 0 Å². The predicted molar refractivity (Wildman–Crippen MR) is 334 cm³/mol. The van der Waals surface area contributed by atoms with E-state index < -0.39 is 57.8 Å². The number of ether oxygens (including phenoxy) is 3. The van der Waals surface area contributed by atoms with Gasteiger partial charge >= 0.3 is 25.7 Å². The molecular weight excluding hydrogens is 1020 g/mol. The molecule has 3 unspecified atom stereocenters. The van der Waals surface area contributed by atoms with Crippen molar-refractivity contribution in [2.24, 2.45) is 0 Å². The van der Waals surface area contributed by atoms with Gasteiger partial charge in [-0.1, -0.05) is 241 Å². The summed E-state index contributed by atoms with van der Waals surface area (Å²) in [5.74, 6) is -1.50. The van der Waals surface area contributed by atoms with Crippen molar-refractivity contribution >= 4 is 25.7 Å². The summed E-state index contributed by atoms with van der Waals surface area (Å²) in [7, 11) is -4.77. The van der Waals surface area contributed by atoms with E-state index >= 15 is 0 Å². The highest BCUT2D eigenvalue weighted by molar-refractivity contribution is 7.47. The van der Waals surface area contributed by atoms with Crippen LogP contribution in [0.15, 0.2) is 85.1 Å². The molecule has 0 radical (unpaired) electrons. The van der Waals surface area contributed by atoms with Crippen LogP contribution in [0.3, 0.4) is 0 Å². The second-order valence-corrected chi connectivity index (χ2v) is 23.0. The van der Waals surface area contributed by atoms with Gasteiger partial charge in [0.05, 0.1) is 19.8 Å². The lowest BCUT2D eigenvalue weighted by Crippen LogP contribution is -2.30. The zero-order chi connectivity index (χ0) is 58.3. The molecule has 0 aliphatic carbocycles. The number of hydrogen-bond donors (Lipinski definition) is 2. The van der Waals surface area contributed by atoms with E-state index in [2.05, 4.69) is 106 Å². The van der Waals surface area contributed by atoms with Crippen LogP contribution in [0.5, 0.6) is 0 Å². The summed E-state index contributed by atoms with van der Waals surface area (Å²) in [6.07, 6.45) is 72.4. The van der Waals surface area contributed by atoms with Gasteiger partial charge in [-0.2, -0.15) is 0 Å². The summed E-state index contributed by atoms with van der Waals surface area (Å²) in [6.45, 7) is 4.51. The molecule has 0 aliphatic rings. The fourth-order valence-corrected chi connectivity index (χ4v) is 9.63. The van der Waals surface area contributed by atoms with Crippen molar-refractivity contribution in [3.63, 3.8) is 0 Å². The van der Waals surface area contributed by atoms with Crippen LogP contribution in [0.1, 0.15) is 290 Å².